The summed E-state index contributed by atoms with van der Waals surface area (Å²) in [5, 5.41) is 0. The highest BCUT2D eigenvalue weighted by Crippen LogP contribution is 2.24. The molecule has 0 fully saturated rings. The molecule has 22 heavy (non-hydrogen) atoms. The number of ketones is 1. The number of carbonyl (C=O) groups excluding carboxylic acids is 1. The van der Waals surface area contributed by atoms with E-state index in [4.69, 9.17) is 0 Å². The van der Waals surface area contributed by atoms with E-state index in [1.54, 1.807) is 48.5 Å². The summed E-state index contributed by atoms with van der Waals surface area (Å²) < 4.78 is 31.3. The Morgan fingerprint density at radius 2 is 1.45 bits per heavy atom. The fraction of sp³-hybridized carbons (Fsp3) is 0. The molecule has 0 N–H and O–H groups in total. The van der Waals surface area contributed by atoms with E-state index in [-0.39, 0.29) is 11.5 Å². The van der Waals surface area contributed by atoms with Gasteiger partial charge in [-0.05, 0) is 63.4 Å². The third-order valence-corrected chi connectivity index (χ3v) is 4.64. The Kier molecular flexibility index (Phi) is 6.36. The summed E-state index contributed by atoms with van der Waals surface area (Å²) in [4.78, 5) is 12.3. The van der Waals surface area contributed by atoms with Crippen LogP contribution < -0.4 is 0 Å². The summed E-state index contributed by atoms with van der Waals surface area (Å²) in [5.74, 6) is -0.509. The van der Waals surface area contributed by atoms with Crippen LogP contribution in [0.1, 0.15) is 15.9 Å². The molecule has 0 saturated carbocycles. The molecule has 2 aromatic rings. The van der Waals surface area contributed by atoms with Gasteiger partial charge in [-0.2, -0.15) is 0 Å². The molecular formula is C15H9BF2I2O2. The van der Waals surface area contributed by atoms with Crippen LogP contribution in [-0.2, 0) is 4.65 Å². The highest BCUT2D eigenvalue weighted by Gasteiger charge is 2.22. The van der Waals surface area contributed by atoms with Crippen LogP contribution in [0, 0.1) is 7.14 Å². The zero-order chi connectivity index (χ0) is 16.1. The maximum atomic E-state index is 12.7. The second-order valence-corrected chi connectivity index (χ2v) is 6.54. The molecule has 0 amide bonds. The van der Waals surface area contributed by atoms with Crippen LogP contribution in [0.5, 0.6) is 0 Å². The summed E-state index contributed by atoms with van der Waals surface area (Å²) >= 11 is 4.04. The van der Waals surface area contributed by atoms with E-state index in [1.807, 2.05) is 45.2 Å². The SMILES string of the molecule is O=C(/C=C(\OB(F)F)c1ccccc1I)c1ccccc1I. The second kappa shape index (κ2) is 8.05. The molecule has 0 aromatic heterocycles. The first-order valence-corrected chi connectivity index (χ1v) is 8.35. The first kappa shape index (κ1) is 17.4. The Morgan fingerprint density at radius 1 is 0.955 bits per heavy atom. The Balaban J connectivity index is 2.44. The molecule has 0 heterocycles. The zero-order valence-electron chi connectivity index (χ0n) is 11.1. The molecule has 0 bridgehead atoms. The number of carbonyl (C=O) groups is 1. The summed E-state index contributed by atoms with van der Waals surface area (Å²) in [6.45, 7) is 0. The Hall–Kier alpha value is -0.965. The number of hydrogen-bond donors (Lipinski definition) is 0. The van der Waals surface area contributed by atoms with Gasteiger partial charge in [0.25, 0.3) is 0 Å². The van der Waals surface area contributed by atoms with Crippen molar-refractivity contribution in [1.82, 2.24) is 0 Å². The first-order chi connectivity index (χ1) is 10.5. The molecule has 112 valence electrons. The summed E-state index contributed by atoms with van der Waals surface area (Å²) in [7, 11) is -3.00. The number of halogens is 4. The van der Waals surface area contributed by atoms with Crippen LogP contribution in [0.2, 0.25) is 0 Å². The fourth-order valence-electron chi connectivity index (χ4n) is 1.79. The lowest BCUT2D eigenvalue weighted by molar-refractivity contribution is 0.104. The maximum Gasteiger partial charge on any atom is 0.796 e. The lowest BCUT2D eigenvalue weighted by Gasteiger charge is -2.10. The average molecular weight is 524 g/mol. The fourth-order valence-corrected chi connectivity index (χ4v) is 3.10. The largest absolute Gasteiger partial charge is 0.796 e. The van der Waals surface area contributed by atoms with Crippen molar-refractivity contribution in [1.29, 1.82) is 0 Å². The van der Waals surface area contributed by atoms with Crippen LogP contribution in [0.15, 0.2) is 54.6 Å². The van der Waals surface area contributed by atoms with Crippen molar-refractivity contribution in [3.63, 3.8) is 0 Å². The topological polar surface area (TPSA) is 26.3 Å². The van der Waals surface area contributed by atoms with Gasteiger partial charge in [0.1, 0.15) is 5.76 Å². The lowest BCUT2D eigenvalue weighted by atomic mass is 10.1. The third-order valence-electron chi connectivity index (χ3n) is 2.76. The average Bonchev–Trinajstić information content (AvgIpc) is 2.47. The Morgan fingerprint density at radius 3 is 1.95 bits per heavy atom. The number of benzene rings is 2. The van der Waals surface area contributed by atoms with Crippen molar-refractivity contribution in [2.45, 2.75) is 0 Å². The summed E-state index contributed by atoms with van der Waals surface area (Å²) in [6, 6.07) is 13.8. The van der Waals surface area contributed by atoms with Crippen molar-refractivity contribution >= 4 is 64.2 Å². The molecule has 0 saturated heterocycles. The minimum absolute atomic E-state index is 0.135. The molecule has 0 aliphatic heterocycles. The predicted molar refractivity (Wildman–Crippen MR) is 99.7 cm³/mol. The normalized spacial score (nSPS) is 11.2. The number of rotatable bonds is 5. The molecule has 0 atom stereocenters. The van der Waals surface area contributed by atoms with Crippen molar-refractivity contribution in [3.8, 4) is 0 Å². The van der Waals surface area contributed by atoms with Gasteiger partial charge in [-0.1, -0.05) is 30.3 Å². The van der Waals surface area contributed by atoms with E-state index >= 15 is 0 Å². The van der Waals surface area contributed by atoms with Crippen LogP contribution >= 0.6 is 45.2 Å². The van der Waals surface area contributed by atoms with Gasteiger partial charge in [0.05, 0.1) is 0 Å². The molecule has 0 aliphatic rings. The molecule has 0 spiro atoms. The van der Waals surface area contributed by atoms with E-state index in [9.17, 15) is 13.4 Å². The van der Waals surface area contributed by atoms with Gasteiger partial charge >= 0.3 is 7.47 Å². The molecule has 2 nitrogen and oxygen atoms in total. The molecule has 2 aromatic carbocycles. The van der Waals surface area contributed by atoms with Crippen molar-refractivity contribution in [2.75, 3.05) is 0 Å². The van der Waals surface area contributed by atoms with E-state index in [1.165, 1.54) is 0 Å². The zero-order valence-corrected chi connectivity index (χ0v) is 15.4. The minimum atomic E-state index is -3.00. The molecule has 0 unspecified atom stereocenters. The smallest absolute Gasteiger partial charge is 0.505 e. The van der Waals surface area contributed by atoms with Crippen molar-refractivity contribution in [3.05, 3.63) is 72.9 Å². The molecule has 7 heteroatoms. The minimum Gasteiger partial charge on any atom is -0.505 e. The van der Waals surface area contributed by atoms with Crippen molar-refractivity contribution < 1.29 is 18.1 Å². The molecule has 0 radical (unpaired) electrons. The van der Waals surface area contributed by atoms with E-state index < -0.39 is 7.47 Å². The van der Waals surface area contributed by atoms with Gasteiger partial charge in [-0.25, -0.2) is 8.63 Å². The van der Waals surface area contributed by atoms with Crippen LogP contribution in [0.4, 0.5) is 8.63 Å². The summed E-state index contributed by atoms with van der Waals surface area (Å²) in [6.07, 6.45) is 1.11. The summed E-state index contributed by atoms with van der Waals surface area (Å²) in [5.41, 5.74) is 0.909. The molecular weight excluding hydrogens is 515 g/mol. The second-order valence-electron chi connectivity index (χ2n) is 4.21. The van der Waals surface area contributed by atoms with Gasteiger partial charge in [-0.3, -0.25) is 4.79 Å². The van der Waals surface area contributed by atoms with Gasteiger partial charge in [0, 0.05) is 24.3 Å². The van der Waals surface area contributed by atoms with Gasteiger partial charge in [0.15, 0.2) is 5.78 Å². The van der Waals surface area contributed by atoms with Gasteiger partial charge < -0.3 is 4.65 Å². The molecule has 0 aliphatic carbocycles. The lowest BCUT2D eigenvalue weighted by Crippen LogP contribution is -2.08. The Labute approximate surface area is 154 Å². The van der Waals surface area contributed by atoms with Crippen LogP contribution in [0.3, 0.4) is 0 Å². The Bertz CT molecular complexity index is 720. The number of allylic oxidation sites excluding steroid dienone is 1. The number of hydrogen-bond acceptors (Lipinski definition) is 2. The predicted octanol–water partition coefficient (Wildman–Crippen LogP) is 5.06. The van der Waals surface area contributed by atoms with Crippen molar-refractivity contribution in [2.24, 2.45) is 0 Å². The quantitative estimate of drug-likeness (QED) is 0.180. The van der Waals surface area contributed by atoms with Crippen LogP contribution in [0.25, 0.3) is 5.76 Å². The van der Waals surface area contributed by atoms with E-state index in [0.717, 1.165) is 13.2 Å². The van der Waals surface area contributed by atoms with E-state index in [2.05, 4.69) is 4.65 Å². The highest BCUT2D eigenvalue weighted by molar-refractivity contribution is 14.1. The highest BCUT2D eigenvalue weighted by atomic mass is 127. The third kappa shape index (κ3) is 4.51. The maximum absolute atomic E-state index is 12.7. The monoisotopic (exact) mass is 524 g/mol. The molecule has 2 rings (SSSR count). The van der Waals surface area contributed by atoms with Crippen LogP contribution in [-0.4, -0.2) is 13.3 Å². The first-order valence-electron chi connectivity index (χ1n) is 6.19. The van der Waals surface area contributed by atoms with Gasteiger partial charge in [0.2, 0.25) is 0 Å². The van der Waals surface area contributed by atoms with Gasteiger partial charge in [-0.15, -0.1) is 0 Å². The standard InChI is InChI=1S/C15H9BF2I2O2/c17-16(18)22-15(11-6-2-4-8-13(11)20)9-14(21)10-5-1-3-7-12(10)19/h1-9H/b15-9-. The van der Waals surface area contributed by atoms with E-state index in [0.29, 0.717) is 11.1 Å².